The van der Waals surface area contributed by atoms with Crippen molar-refractivity contribution in [1.82, 2.24) is 15.1 Å². The van der Waals surface area contributed by atoms with Gasteiger partial charge < -0.3 is 14.6 Å². The first kappa shape index (κ1) is 19.2. The molecule has 2 aromatic rings. The van der Waals surface area contributed by atoms with Crippen LogP contribution in [0.5, 0.6) is 5.75 Å². The van der Waals surface area contributed by atoms with Gasteiger partial charge in [0.25, 0.3) is 0 Å². The number of β-amino-alcohol motifs (C(OH)–C–C–N with tert-alkyl or cyclic N) is 1. The predicted molar refractivity (Wildman–Crippen MR) is 102 cm³/mol. The summed E-state index contributed by atoms with van der Waals surface area (Å²) < 4.78 is 11.5. The fourth-order valence-corrected chi connectivity index (χ4v) is 3.65. The van der Waals surface area contributed by atoms with Gasteiger partial charge in [-0.2, -0.15) is 5.10 Å². The molecule has 1 aromatic heterocycles. The highest BCUT2D eigenvalue weighted by Gasteiger charge is 2.24. The van der Waals surface area contributed by atoms with Gasteiger partial charge in [0.05, 0.1) is 18.4 Å². The molecule has 0 bridgehead atoms. The summed E-state index contributed by atoms with van der Waals surface area (Å²) in [6.45, 7) is 8.48. The van der Waals surface area contributed by atoms with Crippen molar-refractivity contribution >= 4 is 11.6 Å². The molecule has 0 spiro atoms. The number of rotatable bonds is 6. The quantitative estimate of drug-likeness (QED) is 0.807. The molecule has 1 aliphatic rings. The molecule has 1 aliphatic heterocycles. The maximum Gasteiger partial charge on any atom is 0.121 e. The van der Waals surface area contributed by atoms with E-state index in [4.69, 9.17) is 21.1 Å². The zero-order valence-corrected chi connectivity index (χ0v) is 16.2. The molecule has 0 saturated carbocycles. The molecule has 6 nitrogen and oxygen atoms in total. The summed E-state index contributed by atoms with van der Waals surface area (Å²) in [5, 5.41) is 17.9. The number of aromatic amines is 1. The Morgan fingerprint density at radius 2 is 2.08 bits per heavy atom. The molecule has 0 radical (unpaired) electrons. The highest BCUT2D eigenvalue weighted by Crippen LogP contribution is 2.29. The Bertz CT molecular complexity index is 727. The van der Waals surface area contributed by atoms with Gasteiger partial charge in [0.1, 0.15) is 18.5 Å². The van der Waals surface area contributed by atoms with Crippen LogP contribution in [0.2, 0.25) is 5.02 Å². The molecule has 0 aliphatic carbocycles. The third-order valence-electron chi connectivity index (χ3n) is 4.42. The summed E-state index contributed by atoms with van der Waals surface area (Å²) in [7, 11) is 0. The van der Waals surface area contributed by atoms with E-state index in [1.54, 1.807) is 12.3 Å². The topological polar surface area (TPSA) is 70.6 Å². The number of aliphatic hydroxyl groups is 1. The number of morpholine rings is 1. The van der Waals surface area contributed by atoms with Crippen LogP contribution in [-0.2, 0) is 4.74 Å². The monoisotopic (exact) mass is 379 g/mol. The largest absolute Gasteiger partial charge is 0.491 e. The number of nitrogens with one attached hydrogen (secondary N) is 1. The Kier molecular flexibility index (Phi) is 6.19. The van der Waals surface area contributed by atoms with E-state index in [-0.39, 0.29) is 18.8 Å². The van der Waals surface area contributed by atoms with Crippen LogP contribution in [-0.4, -0.2) is 64.8 Å². The van der Waals surface area contributed by atoms with Crippen molar-refractivity contribution in [1.29, 1.82) is 0 Å². The average molecular weight is 380 g/mol. The fraction of sp³-hybridized carbons (Fsp3) is 0.526. The first-order valence-electron chi connectivity index (χ1n) is 8.90. The highest BCUT2D eigenvalue weighted by molar-refractivity contribution is 6.31. The number of H-pyrrole nitrogens is 1. The lowest BCUT2D eigenvalue weighted by atomic mass is 10.1. The predicted octanol–water partition coefficient (Wildman–Crippen LogP) is 2.89. The Hall–Kier alpha value is -1.60. The number of benzene rings is 1. The normalized spacial score (nSPS) is 22.3. The van der Waals surface area contributed by atoms with E-state index in [2.05, 4.69) is 28.9 Å². The standard InChI is InChI=1S/C19H26ClN3O3/c1-12-8-23(9-13(2)26-12)10-17(24)11-25-18-5-15(4-16(20)6-18)19-7-21-22-14(19)3/h4-7,12-13,17,24H,8-11H2,1-3H3,(H,21,22)/t12-,13+,17?. The van der Waals surface area contributed by atoms with Crippen molar-refractivity contribution in [2.24, 2.45) is 0 Å². The van der Waals surface area contributed by atoms with Crippen LogP contribution in [0.1, 0.15) is 19.5 Å². The van der Waals surface area contributed by atoms with Crippen LogP contribution in [0.4, 0.5) is 0 Å². The van der Waals surface area contributed by atoms with Gasteiger partial charge in [-0.15, -0.1) is 0 Å². The van der Waals surface area contributed by atoms with E-state index in [9.17, 15) is 5.11 Å². The first-order chi connectivity index (χ1) is 12.4. The summed E-state index contributed by atoms with van der Waals surface area (Å²) in [5.41, 5.74) is 2.88. The molecule has 3 rings (SSSR count). The van der Waals surface area contributed by atoms with Crippen LogP contribution < -0.4 is 4.74 Å². The van der Waals surface area contributed by atoms with Crippen molar-refractivity contribution in [2.45, 2.75) is 39.1 Å². The number of hydrogen-bond donors (Lipinski definition) is 2. The Balaban J connectivity index is 1.59. The van der Waals surface area contributed by atoms with E-state index < -0.39 is 6.10 Å². The zero-order chi connectivity index (χ0) is 18.7. The number of nitrogens with zero attached hydrogens (tertiary/aromatic N) is 2. The molecule has 3 atom stereocenters. The second kappa shape index (κ2) is 8.39. The van der Waals surface area contributed by atoms with Crippen LogP contribution >= 0.6 is 11.6 Å². The number of aryl methyl sites for hydroxylation is 1. The van der Waals surface area contributed by atoms with Crippen molar-refractivity contribution in [3.8, 4) is 16.9 Å². The first-order valence-corrected chi connectivity index (χ1v) is 9.28. The molecule has 142 valence electrons. The fourth-order valence-electron chi connectivity index (χ4n) is 3.42. The second-order valence-corrected chi connectivity index (χ2v) is 7.46. The van der Waals surface area contributed by atoms with Gasteiger partial charge in [-0.1, -0.05) is 11.6 Å². The third-order valence-corrected chi connectivity index (χ3v) is 4.64. The number of hydrogen-bond acceptors (Lipinski definition) is 5. The van der Waals surface area contributed by atoms with Crippen LogP contribution in [0.3, 0.4) is 0 Å². The van der Waals surface area contributed by atoms with Crippen LogP contribution in [0.25, 0.3) is 11.1 Å². The van der Waals surface area contributed by atoms with Gasteiger partial charge in [-0.3, -0.25) is 10.00 Å². The average Bonchev–Trinajstić information content (AvgIpc) is 2.97. The van der Waals surface area contributed by atoms with E-state index in [1.165, 1.54) is 0 Å². The van der Waals surface area contributed by atoms with Crippen molar-refractivity contribution in [3.05, 3.63) is 35.1 Å². The minimum Gasteiger partial charge on any atom is -0.491 e. The smallest absolute Gasteiger partial charge is 0.121 e. The molecule has 0 amide bonds. The SMILES string of the molecule is Cc1[nH]ncc1-c1cc(Cl)cc(OCC(O)CN2C[C@@H](C)O[C@@H](C)C2)c1. The maximum atomic E-state index is 10.3. The Morgan fingerprint density at radius 3 is 2.73 bits per heavy atom. The molecule has 7 heteroatoms. The molecule has 1 aromatic carbocycles. The molecule has 26 heavy (non-hydrogen) atoms. The Morgan fingerprint density at radius 1 is 1.35 bits per heavy atom. The minimum absolute atomic E-state index is 0.181. The molecule has 2 heterocycles. The molecule has 1 saturated heterocycles. The molecule has 2 N–H and O–H groups in total. The third kappa shape index (κ3) is 4.98. The van der Waals surface area contributed by atoms with E-state index in [0.717, 1.165) is 29.9 Å². The van der Waals surface area contributed by atoms with Crippen molar-refractivity contribution < 1.29 is 14.6 Å². The van der Waals surface area contributed by atoms with E-state index >= 15 is 0 Å². The molecular weight excluding hydrogens is 354 g/mol. The summed E-state index contributed by atoms with van der Waals surface area (Å²) in [6.07, 6.45) is 1.55. The summed E-state index contributed by atoms with van der Waals surface area (Å²) in [6, 6.07) is 5.54. The molecular formula is C19H26ClN3O3. The molecule has 1 unspecified atom stereocenters. The summed E-state index contributed by atoms with van der Waals surface area (Å²) >= 11 is 6.23. The minimum atomic E-state index is -0.578. The number of aromatic nitrogens is 2. The molecule has 1 fully saturated rings. The van der Waals surface area contributed by atoms with Crippen molar-refractivity contribution in [3.63, 3.8) is 0 Å². The van der Waals surface area contributed by atoms with Gasteiger partial charge in [0.15, 0.2) is 0 Å². The van der Waals surface area contributed by atoms with Gasteiger partial charge >= 0.3 is 0 Å². The van der Waals surface area contributed by atoms with E-state index in [1.807, 2.05) is 19.1 Å². The van der Waals surface area contributed by atoms with Crippen LogP contribution in [0, 0.1) is 6.92 Å². The second-order valence-electron chi connectivity index (χ2n) is 7.02. The zero-order valence-electron chi connectivity index (χ0n) is 15.4. The van der Waals surface area contributed by atoms with Gasteiger partial charge in [-0.25, -0.2) is 0 Å². The summed E-state index contributed by atoms with van der Waals surface area (Å²) in [4.78, 5) is 2.21. The van der Waals surface area contributed by atoms with Crippen molar-refractivity contribution in [2.75, 3.05) is 26.2 Å². The number of aliphatic hydroxyl groups excluding tert-OH is 1. The lowest BCUT2D eigenvalue weighted by Gasteiger charge is -2.36. The van der Waals surface area contributed by atoms with Gasteiger partial charge in [0, 0.05) is 35.9 Å². The maximum absolute atomic E-state index is 10.3. The van der Waals surface area contributed by atoms with Gasteiger partial charge in [0.2, 0.25) is 0 Å². The number of halogens is 1. The van der Waals surface area contributed by atoms with Gasteiger partial charge in [-0.05, 0) is 44.5 Å². The number of ether oxygens (including phenoxy) is 2. The van der Waals surface area contributed by atoms with E-state index in [0.29, 0.717) is 17.3 Å². The lowest BCUT2D eigenvalue weighted by Crippen LogP contribution is -2.48. The van der Waals surface area contributed by atoms with Crippen LogP contribution in [0.15, 0.2) is 24.4 Å². The summed E-state index contributed by atoms with van der Waals surface area (Å²) in [5.74, 6) is 0.635. The lowest BCUT2D eigenvalue weighted by molar-refractivity contribution is -0.0786. The Labute approximate surface area is 159 Å². The highest BCUT2D eigenvalue weighted by atomic mass is 35.5.